The van der Waals surface area contributed by atoms with Gasteiger partial charge in [0, 0.05) is 6.54 Å². The Morgan fingerprint density at radius 3 is 3.04 bits per heavy atom. The average molecular weight is 344 g/mol. The molecule has 3 rings (SSSR count). The van der Waals surface area contributed by atoms with Crippen LogP contribution in [0.25, 0.3) is 10.6 Å². The zero-order valence-electron chi connectivity index (χ0n) is 12.9. The minimum Gasteiger partial charge on any atom is -0.497 e. The number of nitrogens with zero attached hydrogens (tertiary/aromatic N) is 1. The minimum atomic E-state index is -0.846. The van der Waals surface area contributed by atoms with Crippen molar-refractivity contribution in [1.82, 2.24) is 10.3 Å². The topological polar surface area (TPSA) is 84.6 Å². The van der Waals surface area contributed by atoms with Crippen molar-refractivity contribution in [2.45, 2.75) is 6.10 Å². The van der Waals surface area contributed by atoms with Crippen molar-refractivity contribution in [2.24, 2.45) is 0 Å². The van der Waals surface area contributed by atoms with E-state index in [0.29, 0.717) is 17.1 Å². The molecule has 2 N–H and O–H groups in total. The summed E-state index contributed by atoms with van der Waals surface area (Å²) < 4.78 is 10.4. The maximum atomic E-state index is 12.3. The first-order chi connectivity index (χ1) is 11.7. The summed E-state index contributed by atoms with van der Waals surface area (Å²) in [6, 6.07) is 10.8. The van der Waals surface area contributed by atoms with E-state index < -0.39 is 12.0 Å². The summed E-state index contributed by atoms with van der Waals surface area (Å²) in [5, 5.41) is 14.8. The number of carbonyl (C=O) groups excluding carboxylic acids is 1. The van der Waals surface area contributed by atoms with Gasteiger partial charge in [-0.25, -0.2) is 4.98 Å². The van der Waals surface area contributed by atoms with Crippen LogP contribution in [-0.2, 0) is 0 Å². The molecule has 124 valence electrons. The largest absolute Gasteiger partial charge is 0.497 e. The van der Waals surface area contributed by atoms with Gasteiger partial charge in [0.05, 0.1) is 18.1 Å². The number of nitrogens with one attached hydrogen (secondary N) is 1. The Kier molecular flexibility index (Phi) is 4.93. The number of thiophene rings is 1. The number of aliphatic hydroxyl groups excluding tert-OH is 1. The van der Waals surface area contributed by atoms with Crippen LogP contribution in [0.3, 0.4) is 0 Å². The van der Waals surface area contributed by atoms with Crippen LogP contribution in [0.1, 0.15) is 22.2 Å². The highest BCUT2D eigenvalue weighted by atomic mass is 32.1. The van der Waals surface area contributed by atoms with Crippen LogP contribution in [0.5, 0.6) is 5.75 Å². The maximum absolute atomic E-state index is 12.3. The maximum Gasteiger partial charge on any atom is 0.274 e. The summed E-state index contributed by atoms with van der Waals surface area (Å²) >= 11 is 1.46. The van der Waals surface area contributed by atoms with Gasteiger partial charge in [0.25, 0.3) is 5.91 Å². The molecule has 6 nitrogen and oxygen atoms in total. The van der Waals surface area contributed by atoms with E-state index in [1.54, 1.807) is 31.4 Å². The van der Waals surface area contributed by atoms with E-state index in [1.807, 2.05) is 17.5 Å². The molecular formula is C17H16N2O4S. The lowest BCUT2D eigenvalue weighted by Gasteiger charge is -2.13. The van der Waals surface area contributed by atoms with Crippen LogP contribution in [-0.4, -0.2) is 29.7 Å². The van der Waals surface area contributed by atoms with Crippen molar-refractivity contribution in [3.63, 3.8) is 0 Å². The number of rotatable bonds is 6. The fourth-order valence-electron chi connectivity index (χ4n) is 2.23. The second-order valence-electron chi connectivity index (χ2n) is 5.01. The molecule has 2 heterocycles. The molecule has 7 heteroatoms. The van der Waals surface area contributed by atoms with Crippen LogP contribution in [0.2, 0.25) is 0 Å². The lowest BCUT2D eigenvalue weighted by molar-refractivity contribution is 0.0912. The lowest BCUT2D eigenvalue weighted by Crippen LogP contribution is -2.29. The highest BCUT2D eigenvalue weighted by Crippen LogP contribution is 2.27. The van der Waals surface area contributed by atoms with E-state index in [9.17, 15) is 9.90 Å². The summed E-state index contributed by atoms with van der Waals surface area (Å²) in [7, 11) is 1.56. The first kappa shape index (κ1) is 16.2. The fourth-order valence-corrected chi connectivity index (χ4v) is 2.94. The second kappa shape index (κ2) is 7.29. The summed E-state index contributed by atoms with van der Waals surface area (Å²) in [6.07, 6.45) is 0.392. The number of ether oxygens (including phenoxy) is 1. The van der Waals surface area contributed by atoms with Crippen molar-refractivity contribution in [1.29, 1.82) is 0 Å². The summed E-state index contributed by atoms with van der Waals surface area (Å²) in [6.45, 7) is 0.0583. The first-order valence-electron chi connectivity index (χ1n) is 7.26. The first-order valence-corrected chi connectivity index (χ1v) is 8.14. The van der Waals surface area contributed by atoms with Crippen LogP contribution in [0.4, 0.5) is 0 Å². The second-order valence-corrected chi connectivity index (χ2v) is 5.96. The van der Waals surface area contributed by atoms with E-state index in [1.165, 1.54) is 17.7 Å². The number of aliphatic hydroxyl groups is 1. The number of amides is 1. The number of hydrogen-bond acceptors (Lipinski definition) is 6. The van der Waals surface area contributed by atoms with Gasteiger partial charge in [-0.05, 0) is 29.1 Å². The Bertz CT molecular complexity index is 814. The number of hydrogen-bond donors (Lipinski definition) is 2. The van der Waals surface area contributed by atoms with Gasteiger partial charge in [-0.3, -0.25) is 4.79 Å². The molecule has 0 aliphatic rings. The molecule has 24 heavy (non-hydrogen) atoms. The molecule has 1 amide bonds. The van der Waals surface area contributed by atoms with Crippen LogP contribution < -0.4 is 10.1 Å². The van der Waals surface area contributed by atoms with Crippen LogP contribution in [0.15, 0.2) is 52.6 Å². The van der Waals surface area contributed by atoms with E-state index in [2.05, 4.69) is 10.3 Å². The molecule has 1 unspecified atom stereocenters. The van der Waals surface area contributed by atoms with Gasteiger partial charge in [0.15, 0.2) is 17.8 Å². The minimum absolute atomic E-state index is 0.0583. The third-order valence-electron chi connectivity index (χ3n) is 3.46. The summed E-state index contributed by atoms with van der Waals surface area (Å²) in [5.74, 6) is 0.682. The Morgan fingerprint density at radius 2 is 2.29 bits per heavy atom. The van der Waals surface area contributed by atoms with Gasteiger partial charge in [0.1, 0.15) is 5.75 Å². The van der Waals surface area contributed by atoms with Crippen molar-refractivity contribution in [3.8, 4) is 16.4 Å². The van der Waals surface area contributed by atoms with Gasteiger partial charge >= 0.3 is 0 Å². The molecular weight excluding hydrogens is 328 g/mol. The number of carbonyl (C=O) groups is 1. The van der Waals surface area contributed by atoms with Gasteiger partial charge in [-0.15, -0.1) is 11.3 Å². The van der Waals surface area contributed by atoms with Crippen molar-refractivity contribution in [2.75, 3.05) is 13.7 Å². The Labute approximate surface area is 142 Å². The molecule has 1 atom stereocenters. The zero-order chi connectivity index (χ0) is 16.9. The molecule has 0 spiro atoms. The van der Waals surface area contributed by atoms with Gasteiger partial charge in [-0.1, -0.05) is 18.2 Å². The van der Waals surface area contributed by atoms with E-state index >= 15 is 0 Å². The van der Waals surface area contributed by atoms with E-state index in [4.69, 9.17) is 9.15 Å². The zero-order valence-corrected chi connectivity index (χ0v) is 13.7. The SMILES string of the molecule is COc1cccc(C(O)CNC(=O)c2ncoc2-c2cccs2)c1. The average Bonchev–Trinajstić information content (AvgIpc) is 3.30. The third-order valence-corrected chi connectivity index (χ3v) is 4.33. The molecule has 0 fully saturated rings. The molecule has 0 saturated carbocycles. The lowest BCUT2D eigenvalue weighted by atomic mass is 10.1. The Morgan fingerprint density at radius 1 is 1.42 bits per heavy atom. The third kappa shape index (κ3) is 3.47. The standard InChI is InChI=1S/C17H16N2O4S/c1-22-12-5-2-4-11(8-12)13(20)9-18-17(21)15-16(23-10-19-15)14-6-3-7-24-14/h2-8,10,13,20H,9H2,1H3,(H,18,21). The molecule has 0 radical (unpaired) electrons. The van der Waals surface area contributed by atoms with Crippen molar-refractivity contribution < 1.29 is 19.1 Å². The molecule has 0 saturated heterocycles. The molecule has 0 aliphatic heterocycles. The predicted molar refractivity (Wildman–Crippen MR) is 90.1 cm³/mol. The van der Waals surface area contributed by atoms with Crippen LogP contribution >= 0.6 is 11.3 Å². The van der Waals surface area contributed by atoms with E-state index in [-0.39, 0.29) is 12.2 Å². The Hall–Kier alpha value is -2.64. The quantitative estimate of drug-likeness (QED) is 0.718. The smallest absolute Gasteiger partial charge is 0.274 e. The Balaban J connectivity index is 1.67. The monoisotopic (exact) mass is 344 g/mol. The normalized spacial score (nSPS) is 11.9. The van der Waals surface area contributed by atoms with Crippen molar-refractivity contribution >= 4 is 17.2 Å². The number of benzene rings is 1. The molecule has 3 aromatic rings. The van der Waals surface area contributed by atoms with E-state index in [0.717, 1.165) is 4.88 Å². The number of aromatic nitrogens is 1. The van der Waals surface area contributed by atoms with Gasteiger partial charge < -0.3 is 19.6 Å². The summed E-state index contributed by atoms with van der Waals surface area (Å²) in [5.41, 5.74) is 0.864. The molecule has 0 bridgehead atoms. The van der Waals surface area contributed by atoms with Crippen LogP contribution in [0, 0.1) is 0 Å². The van der Waals surface area contributed by atoms with Gasteiger partial charge in [-0.2, -0.15) is 0 Å². The number of methoxy groups -OCH3 is 1. The predicted octanol–water partition coefficient (Wildman–Crippen LogP) is 2.88. The number of oxazole rings is 1. The molecule has 0 aliphatic carbocycles. The molecule has 1 aromatic carbocycles. The highest BCUT2D eigenvalue weighted by molar-refractivity contribution is 7.13. The van der Waals surface area contributed by atoms with Crippen molar-refractivity contribution in [3.05, 3.63) is 59.4 Å². The summed E-state index contributed by atoms with van der Waals surface area (Å²) in [4.78, 5) is 17.1. The van der Waals surface area contributed by atoms with Gasteiger partial charge in [0.2, 0.25) is 0 Å². The highest BCUT2D eigenvalue weighted by Gasteiger charge is 2.20. The fraction of sp³-hybridized carbons (Fsp3) is 0.176. The molecule has 2 aromatic heterocycles.